The van der Waals surface area contributed by atoms with E-state index in [2.05, 4.69) is 4.74 Å². The van der Waals surface area contributed by atoms with Crippen LogP contribution >= 0.6 is 11.6 Å². The Morgan fingerprint density at radius 2 is 2.25 bits per heavy atom. The Kier molecular flexibility index (Phi) is 4.15. The van der Waals surface area contributed by atoms with Gasteiger partial charge in [-0.15, -0.1) is 11.6 Å². The molecule has 0 aliphatic heterocycles. The van der Waals surface area contributed by atoms with E-state index in [4.69, 9.17) is 16.9 Å². The van der Waals surface area contributed by atoms with Crippen LogP contribution in [0.5, 0.6) is 5.75 Å². The average Bonchev–Trinajstić information content (AvgIpc) is 2.30. The van der Waals surface area contributed by atoms with Crippen LogP contribution in [0, 0.1) is 11.3 Å². The van der Waals surface area contributed by atoms with Gasteiger partial charge >= 0.3 is 5.97 Å². The first-order chi connectivity index (χ1) is 7.62. The molecule has 0 saturated carbocycles. The number of nitrogens with zero attached hydrogens (tertiary/aromatic N) is 1. The van der Waals surface area contributed by atoms with Gasteiger partial charge in [-0.1, -0.05) is 0 Å². The summed E-state index contributed by atoms with van der Waals surface area (Å²) in [7, 11) is 1.28. The lowest BCUT2D eigenvalue weighted by Crippen LogP contribution is -2.06. The van der Waals surface area contributed by atoms with Crippen molar-refractivity contribution in [3.63, 3.8) is 0 Å². The van der Waals surface area contributed by atoms with Gasteiger partial charge in [-0.3, -0.25) is 4.79 Å². The van der Waals surface area contributed by atoms with E-state index in [-0.39, 0.29) is 23.6 Å². The Morgan fingerprint density at radius 3 is 2.75 bits per heavy atom. The molecule has 0 heterocycles. The van der Waals surface area contributed by atoms with E-state index in [0.29, 0.717) is 11.1 Å². The molecule has 0 bridgehead atoms. The standard InChI is InChI=1S/C11H10ClNO3/c1-16-11(15)4-7-2-8(5-12)10(14)3-9(7)6-13/h2-3,14H,4-5H2,1H3. The lowest BCUT2D eigenvalue weighted by molar-refractivity contribution is -0.139. The first-order valence-corrected chi connectivity index (χ1v) is 5.03. The van der Waals surface area contributed by atoms with Gasteiger partial charge in [0, 0.05) is 5.56 Å². The molecule has 0 unspecified atom stereocenters. The Bertz CT molecular complexity index is 451. The van der Waals surface area contributed by atoms with Crippen LogP contribution in [0.3, 0.4) is 0 Å². The number of hydrogen-bond donors (Lipinski definition) is 1. The number of ether oxygens (including phenoxy) is 1. The smallest absolute Gasteiger partial charge is 0.310 e. The lowest BCUT2D eigenvalue weighted by atomic mass is 10.0. The van der Waals surface area contributed by atoms with Crippen LogP contribution in [0.15, 0.2) is 12.1 Å². The fourth-order valence-electron chi connectivity index (χ4n) is 1.27. The second-order valence-corrected chi connectivity index (χ2v) is 3.40. The van der Waals surface area contributed by atoms with E-state index in [9.17, 15) is 9.90 Å². The first-order valence-electron chi connectivity index (χ1n) is 4.50. The molecule has 1 aromatic carbocycles. The Labute approximate surface area is 98.0 Å². The van der Waals surface area contributed by atoms with Crippen molar-refractivity contribution in [2.75, 3.05) is 7.11 Å². The minimum absolute atomic E-state index is 0.0104. The molecule has 4 nitrogen and oxygen atoms in total. The number of esters is 1. The number of phenols is 1. The molecular weight excluding hydrogens is 230 g/mol. The molecule has 0 saturated heterocycles. The minimum atomic E-state index is -0.442. The summed E-state index contributed by atoms with van der Waals surface area (Å²) in [5.74, 6) is -0.367. The van der Waals surface area contributed by atoms with Gasteiger partial charge in [-0.05, 0) is 17.7 Å². The highest BCUT2D eigenvalue weighted by molar-refractivity contribution is 6.17. The summed E-state index contributed by atoms with van der Waals surface area (Å²) in [6.07, 6.45) is -0.0104. The zero-order valence-electron chi connectivity index (χ0n) is 8.66. The van der Waals surface area contributed by atoms with Gasteiger partial charge in [0.05, 0.1) is 31.0 Å². The zero-order valence-corrected chi connectivity index (χ0v) is 9.41. The molecule has 0 aromatic heterocycles. The number of methoxy groups -OCH3 is 1. The largest absolute Gasteiger partial charge is 0.508 e. The number of halogens is 1. The molecule has 0 aliphatic rings. The number of carbonyl (C=O) groups excluding carboxylic acids is 1. The van der Waals surface area contributed by atoms with Gasteiger partial charge in [0.1, 0.15) is 5.75 Å². The fourth-order valence-corrected chi connectivity index (χ4v) is 1.48. The molecule has 1 N–H and O–H groups in total. The molecule has 1 aromatic rings. The van der Waals surface area contributed by atoms with Crippen LogP contribution in [0.2, 0.25) is 0 Å². The maximum absolute atomic E-state index is 11.1. The molecule has 1 rings (SSSR count). The summed E-state index contributed by atoms with van der Waals surface area (Å²) in [6, 6.07) is 4.75. The molecule has 5 heteroatoms. The second-order valence-electron chi connectivity index (χ2n) is 3.14. The van der Waals surface area contributed by atoms with Crippen molar-refractivity contribution in [3.8, 4) is 11.8 Å². The SMILES string of the molecule is COC(=O)Cc1cc(CCl)c(O)cc1C#N. The van der Waals surface area contributed by atoms with Crippen molar-refractivity contribution in [2.24, 2.45) is 0 Å². The van der Waals surface area contributed by atoms with Crippen LogP contribution in [0.4, 0.5) is 0 Å². The Balaban J connectivity index is 3.16. The van der Waals surface area contributed by atoms with Crippen LogP contribution in [0.25, 0.3) is 0 Å². The number of nitriles is 1. The number of carbonyl (C=O) groups is 1. The van der Waals surface area contributed by atoms with Gasteiger partial charge in [0.15, 0.2) is 0 Å². The van der Waals surface area contributed by atoms with Crippen molar-refractivity contribution in [1.82, 2.24) is 0 Å². The Morgan fingerprint density at radius 1 is 1.56 bits per heavy atom. The highest BCUT2D eigenvalue weighted by Crippen LogP contribution is 2.24. The molecule has 0 fully saturated rings. The molecule has 0 spiro atoms. The summed E-state index contributed by atoms with van der Waals surface area (Å²) in [5.41, 5.74) is 1.24. The number of aromatic hydroxyl groups is 1. The highest BCUT2D eigenvalue weighted by atomic mass is 35.5. The third kappa shape index (κ3) is 2.65. The molecule has 0 radical (unpaired) electrons. The van der Waals surface area contributed by atoms with E-state index in [0.717, 1.165) is 0 Å². The van der Waals surface area contributed by atoms with Gasteiger partial charge in [0.2, 0.25) is 0 Å². The summed E-state index contributed by atoms with van der Waals surface area (Å²) < 4.78 is 4.51. The normalized spacial score (nSPS) is 9.56. The van der Waals surface area contributed by atoms with Gasteiger partial charge in [-0.25, -0.2) is 0 Å². The molecular formula is C11H10ClNO3. The topological polar surface area (TPSA) is 70.3 Å². The molecule has 0 aliphatic carbocycles. The third-order valence-electron chi connectivity index (χ3n) is 2.13. The Hall–Kier alpha value is -1.73. The summed E-state index contributed by atoms with van der Waals surface area (Å²) >= 11 is 5.61. The van der Waals surface area contributed by atoms with Gasteiger partial charge < -0.3 is 9.84 Å². The second kappa shape index (κ2) is 5.38. The van der Waals surface area contributed by atoms with E-state index < -0.39 is 5.97 Å². The molecule has 84 valence electrons. The minimum Gasteiger partial charge on any atom is -0.508 e. The predicted molar refractivity (Wildman–Crippen MR) is 58.1 cm³/mol. The first kappa shape index (κ1) is 12.3. The van der Waals surface area contributed by atoms with E-state index in [1.807, 2.05) is 6.07 Å². The van der Waals surface area contributed by atoms with Crippen molar-refractivity contribution < 1.29 is 14.6 Å². The predicted octanol–water partition coefficient (Wildman–Crippen LogP) is 1.72. The summed E-state index contributed by atoms with van der Waals surface area (Å²) in [5, 5.41) is 18.3. The van der Waals surface area contributed by atoms with Crippen molar-refractivity contribution in [3.05, 3.63) is 28.8 Å². The van der Waals surface area contributed by atoms with Crippen molar-refractivity contribution in [1.29, 1.82) is 5.26 Å². The van der Waals surface area contributed by atoms with E-state index in [1.54, 1.807) is 0 Å². The summed E-state index contributed by atoms with van der Waals surface area (Å²) in [4.78, 5) is 11.1. The maximum Gasteiger partial charge on any atom is 0.310 e. The van der Waals surface area contributed by atoms with Crippen molar-refractivity contribution in [2.45, 2.75) is 12.3 Å². The zero-order chi connectivity index (χ0) is 12.1. The number of rotatable bonds is 3. The molecule has 0 atom stereocenters. The number of phenolic OH excluding ortho intramolecular Hbond substituents is 1. The maximum atomic E-state index is 11.1. The van der Waals surface area contributed by atoms with Crippen LogP contribution in [-0.2, 0) is 21.8 Å². The lowest BCUT2D eigenvalue weighted by Gasteiger charge is -2.07. The van der Waals surface area contributed by atoms with Gasteiger partial charge in [0.25, 0.3) is 0 Å². The van der Waals surface area contributed by atoms with E-state index >= 15 is 0 Å². The van der Waals surface area contributed by atoms with Crippen LogP contribution < -0.4 is 0 Å². The monoisotopic (exact) mass is 239 g/mol. The fraction of sp³-hybridized carbons (Fsp3) is 0.273. The average molecular weight is 240 g/mol. The number of hydrogen-bond acceptors (Lipinski definition) is 4. The number of alkyl halides is 1. The molecule has 16 heavy (non-hydrogen) atoms. The van der Waals surface area contributed by atoms with Crippen LogP contribution in [0.1, 0.15) is 16.7 Å². The van der Waals surface area contributed by atoms with Crippen LogP contribution in [-0.4, -0.2) is 18.2 Å². The highest BCUT2D eigenvalue weighted by Gasteiger charge is 2.12. The molecule has 0 amide bonds. The third-order valence-corrected chi connectivity index (χ3v) is 2.42. The van der Waals surface area contributed by atoms with Crippen molar-refractivity contribution >= 4 is 17.6 Å². The summed E-state index contributed by atoms with van der Waals surface area (Å²) in [6.45, 7) is 0. The van der Waals surface area contributed by atoms with E-state index in [1.165, 1.54) is 19.2 Å². The number of benzene rings is 1. The van der Waals surface area contributed by atoms with Gasteiger partial charge in [-0.2, -0.15) is 5.26 Å². The quantitative estimate of drug-likeness (QED) is 0.644.